The molecule has 0 amide bonds. The van der Waals surface area contributed by atoms with Gasteiger partial charge in [-0.2, -0.15) is 15.0 Å². The van der Waals surface area contributed by atoms with Gasteiger partial charge in [-0.25, -0.2) is 0 Å². The van der Waals surface area contributed by atoms with E-state index in [1.54, 1.807) is 24.3 Å². The van der Waals surface area contributed by atoms with E-state index in [1.807, 2.05) is 0 Å². The third-order valence-electron chi connectivity index (χ3n) is 2.27. The van der Waals surface area contributed by atoms with E-state index in [2.05, 4.69) is 10.2 Å². The SMILES string of the molecule is O=C(O)C(Cn1nc2ccccc2n1)C(=O)O. The molecule has 0 saturated heterocycles. The molecule has 2 N–H and O–H groups in total. The molecule has 0 aliphatic rings. The summed E-state index contributed by atoms with van der Waals surface area (Å²) in [6.45, 7) is -0.292. The fraction of sp³-hybridized carbons (Fsp3) is 0.200. The van der Waals surface area contributed by atoms with E-state index >= 15 is 0 Å². The maximum absolute atomic E-state index is 10.7. The zero-order chi connectivity index (χ0) is 12.4. The van der Waals surface area contributed by atoms with E-state index in [1.165, 1.54) is 0 Å². The van der Waals surface area contributed by atoms with E-state index in [4.69, 9.17) is 10.2 Å². The zero-order valence-corrected chi connectivity index (χ0v) is 8.65. The second kappa shape index (κ2) is 4.20. The van der Waals surface area contributed by atoms with Gasteiger partial charge in [-0.3, -0.25) is 9.59 Å². The van der Waals surface area contributed by atoms with E-state index in [9.17, 15) is 9.59 Å². The van der Waals surface area contributed by atoms with Crippen molar-refractivity contribution in [3.05, 3.63) is 24.3 Å². The number of fused-ring (bicyclic) bond motifs is 1. The first-order valence-corrected chi connectivity index (χ1v) is 4.83. The standard InChI is InChI=1S/C10H9N3O4/c14-9(15)6(10(16)17)5-13-11-7-3-1-2-4-8(7)12-13/h1-4,6H,5H2,(H,14,15)(H,16,17). The molecule has 1 aromatic carbocycles. The molecule has 17 heavy (non-hydrogen) atoms. The molecule has 0 aliphatic carbocycles. The van der Waals surface area contributed by atoms with Crippen molar-refractivity contribution in [2.75, 3.05) is 0 Å². The molecule has 0 fully saturated rings. The smallest absolute Gasteiger partial charge is 0.319 e. The maximum Gasteiger partial charge on any atom is 0.319 e. The number of hydrogen-bond donors (Lipinski definition) is 2. The van der Waals surface area contributed by atoms with E-state index in [0.717, 1.165) is 4.80 Å². The van der Waals surface area contributed by atoms with Crippen molar-refractivity contribution in [2.24, 2.45) is 5.92 Å². The van der Waals surface area contributed by atoms with E-state index in [-0.39, 0.29) is 6.54 Å². The van der Waals surface area contributed by atoms with Gasteiger partial charge in [-0.05, 0) is 12.1 Å². The summed E-state index contributed by atoms with van der Waals surface area (Å²) < 4.78 is 0. The van der Waals surface area contributed by atoms with Gasteiger partial charge in [0, 0.05) is 0 Å². The molecule has 0 aliphatic heterocycles. The Morgan fingerprint density at radius 3 is 2.00 bits per heavy atom. The molecule has 1 aromatic heterocycles. The lowest BCUT2D eigenvalue weighted by Crippen LogP contribution is -2.28. The highest BCUT2D eigenvalue weighted by Gasteiger charge is 2.27. The summed E-state index contributed by atoms with van der Waals surface area (Å²) in [6.07, 6.45) is 0. The minimum atomic E-state index is -1.54. The lowest BCUT2D eigenvalue weighted by Gasteiger charge is -2.05. The third kappa shape index (κ3) is 2.22. The Hall–Kier alpha value is -2.44. The average molecular weight is 235 g/mol. The summed E-state index contributed by atoms with van der Waals surface area (Å²) in [7, 11) is 0. The first kappa shape index (κ1) is 11.1. The summed E-state index contributed by atoms with van der Waals surface area (Å²) in [5.41, 5.74) is 1.20. The Balaban J connectivity index is 2.28. The molecule has 0 atom stereocenters. The molecular formula is C10H9N3O4. The second-order valence-corrected chi connectivity index (χ2v) is 3.47. The van der Waals surface area contributed by atoms with Crippen molar-refractivity contribution < 1.29 is 19.8 Å². The number of aromatic nitrogens is 3. The van der Waals surface area contributed by atoms with Crippen LogP contribution in [-0.2, 0) is 16.1 Å². The molecule has 2 rings (SSSR count). The van der Waals surface area contributed by atoms with Gasteiger partial charge in [0.1, 0.15) is 11.0 Å². The van der Waals surface area contributed by atoms with E-state index < -0.39 is 17.9 Å². The first-order valence-electron chi connectivity index (χ1n) is 4.83. The summed E-state index contributed by atoms with van der Waals surface area (Å²) in [6, 6.07) is 6.98. The quantitative estimate of drug-likeness (QED) is 0.734. The van der Waals surface area contributed by atoms with E-state index in [0.29, 0.717) is 11.0 Å². The van der Waals surface area contributed by atoms with Crippen molar-refractivity contribution in [2.45, 2.75) is 6.54 Å². The molecule has 7 heteroatoms. The maximum atomic E-state index is 10.7. The Bertz CT molecular complexity index is 531. The molecule has 88 valence electrons. The Morgan fingerprint density at radius 1 is 1.12 bits per heavy atom. The third-order valence-corrected chi connectivity index (χ3v) is 2.27. The van der Waals surface area contributed by atoms with Crippen LogP contribution in [0.15, 0.2) is 24.3 Å². The van der Waals surface area contributed by atoms with Crippen molar-refractivity contribution in [3.63, 3.8) is 0 Å². The number of rotatable bonds is 4. The predicted molar refractivity (Wildman–Crippen MR) is 56.3 cm³/mol. The number of carboxylic acid groups (broad SMARTS) is 2. The van der Waals surface area contributed by atoms with Crippen molar-refractivity contribution in [1.82, 2.24) is 15.0 Å². The number of aliphatic carboxylic acids is 2. The largest absolute Gasteiger partial charge is 0.481 e. The summed E-state index contributed by atoms with van der Waals surface area (Å²) in [4.78, 5) is 22.5. The van der Waals surface area contributed by atoms with Crippen molar-refractivity contribution in [3.8, 4) is 0 Å². The van der Waals surface area contributed by atoms with Gasteiger partial charge in [0.05, 0.1) is 6.54 Å². The topological polar surface area (TPSA) is 105 Å². The molecule has 0 unspecified atom stereocenters. The Kier molecular flexibility index (Phi) is 2.73. The number of benzene rings is 1. The van der Waals surface area contributed by atoms with Gasteiger partial charge in [-0.15, -0.1) is 0 Å². The minimum Gasteiger partial charge on any atom is -0.481 e. The van der Waals surface area contributed by atoms with Gasteiger partial charge in [-0.1, -0.05) is 12.1 Å². The second-order valence-electron chi connectivity index (χ2n) is 3.47. The normalized spacial score (nSPS) is 10.9. The van der Waals surface area contributed by atoms with Gasteiger partial charge >= 0.3 is 11.9 Å². The van der Waals surface area contributed by atoms with Crippen LogP contribution in [0.3, 0.4) is 0 Å². The highest BCUT2D eigenvalue weighted by molar-refractivity contribution is 5.92. The van der Waals surface area contributed by atoms with Gasteiger partial charge in [0.25, 0.3) is 0 Å². The molecule has 0 saturated carbocycles. The monoisotopic (exact) mass is 235 g/mol. The highest BCUT2D eigenvalue weighted by Crippen LogP contribution is 2.09. The fourth-order valence-electron chi connectivity index (χ4n) is 1.41. The van der Waals surface area contributed by atoms with Crippen LogP contribution in [0.25, 0.3) is 11.0 Å². The lowest BCUT2D eigenvalue weighted by atomic mass is 10.1. The molecule has 1 heterocycles. The van der Waals surface area contributed by atoms with Crippen LogP contribution in [0.5, 0.6) is 0 Å². The zero-order valence-electron chi connectivity index (χ0n) is 8.65. The molecule has 7 nitrogen and oxygen atoms in total. The van der Waals surface area contributed by atoms with Crippen LogP contribution in [-0.4, -0.2) is 37.1 Å². The molecule has 0 radical (unpaired) electrons. The van der Waals surface area contributed by atoms with Crippen molar-refractivity contribution in [1.29, 1.82) is 0 Å². The Labute approximate surface area is 95.3 Å². The number of carbonyl (C=O) groups is 2. The predicted octanol–water partition coefficient (Wildman–Crippen LogP) is 0.217. The Morgan fingerprint density at radius 2 is 1.59 bits per heavy atom. The fourth-order valence-corrected chi connectivity index (χ4v) is 1.41. The molecule has 0 spiro atoms. The van der Waals surface area contributed by atoms with Crippen LogP contribution < -0.4 is 0 Å². The summed E-state index contributed by atoms with van der Waals surface area (Å²) >= 11 is 0. The number of nitrogens with zero attached hydrogens (tertiary/aromatic N) is 3. The van der Waals surface area contributed by atoms with Crippen LogP contribution >= 0.6 is 0 Å². The molecule has 2 aromatic rings. The van der Waals surface area contributed by atoms with Crippen LogP contribution in [0.4, 0.5) is 0 Å². The average Bonchev–Trinajstić information content (AvgIpc) is 2.67. The van der Waals surface area contributed by atoms with Gasteiger partial charge in [0.2, 0.25) is 0 Å². The number of hydrogen-bond acceptors (Lipinski definition) is 4. The van der Waals surface area contributed by atoms with Gasteiger partial charge < -0.3 is 10.2 Å². The lowest BCUT2D eigenvalue weighted by molar-refractivity contribution is -0.155. The minimum absolute atomic E-state index is 0.292. The summed E-state index contributed by atoms with van der Waals surface area (Å²) in [5.74, 6) is -4.35. The van der Waals surface area contributed by atoms with Gasteiger partial charge in [0.15, 0.2) is 5.92 Å². The summed E-state index contributed by atoms with van der Waals surface area (Å²) in [5, 5.41) is 25.5. The van der Waals surface area contributed by atoms with Crippen LogP contribution in [0, 0.1) is 5.92 Å². The molecular weight excluding hydrogens is 226 g/mol. The van der Waals surface area contributed by atoms with Crippen molar-refractivity contribution >= 4 is 23.0 Å². The number of carboxylic acids is 2. The first-order chi connectivity index (χ1) is 8.08. The highest BCUT2D eigenvalue weighted by atomic mass is 16.4. The van der Waals surface area contributed by atoms with Crippen LogP contribution in [0.2, 0.25) is 0 Å². The molecule has 0 bridgehead atoms. The van der Waals surface area contributed by atoms with Crippen LogP contribution in [0.1, 0.15) is 0 Å².